The number of aryl methyl sites for hydroxylation is 1. The Morgan fingerprint density at radius 3 is 2.88 bits per heavy atom. The van der Waals surface area contributed by atoms with Crippen molar-refractivity contribution >= 4 is 0 Å². The van der Waals surface area contributed by atoms with Gasteiger partial charge in [0.2, 0.25) is 0 Å². The molecule has 0 aliphatic carbocycles. The second-order valence-corrected chi connectivity index (χ2v) is 4.52. The molecule has 16 heavy (non-hydrogen) atoms. The first-order valence-electron chi connectivity index (χ1n) is 5.86. The normalized spacial score (nSPS) is 11.3. The maximum Gasteiger partial charge on any atom is 0.0658 e. The van der Waals surface area contributed by atoms with E-state index in [1.54, 1.807) is 7.11 Å². The highest BCUT2D eigenvalue weighted by atomic mass is 16.5. The van der Waals surface area contributed by atoms with Gasteiger partial charge in [-0.1, -0.05) is 13.8 Å². The molecule has 0 aliphatic rings. The predicted molar refractivity (Wildman–Crippen MR) is 65.4 cm³/mol. The van der Waals surface area contributed by atoms with Crippen LogP contribution in [0.15, 0.2) is 6.20 Å². The maximum absolute atomic E-state index is 5.03. The average molecular weight is 225 g/mol. The summed E-state index contributed by atoms with van der Waals surface area (Å²) >= 11 is 0. The standard InChI is InChI=1S/C12H23N3O/c1-10(2)7-13-8-12-9-15(5-6-16-4)14-11(12)3/h9-10,13H,5-8H2,1-4H3. The Labute approximate surface area is 98.0 Å². The smallest absolute Gasteiger partial charge is 0.0658 e. The van der Waals surface area contributed by atoms with Crippen LogP contribution in [0, 0.1) is 12.8 Å². The number of aromatic nitrogens is 2. The van der Waals surface area contributed by atoms with E-state index in [4.69, 9.17) is 4.74 Å². The Bertz CT molecular complexity index is 307. The highest BCUT2D eigenvalue weighted by Gasteiger charge is 2.04. The van der Waals surface area contributed by atoms with Crippen LogP contribution < -0.4 is 5.32 Å². The largest absolute Gasteiger partial charge is 0.383 e. The van der Waals surface area contributed by atoms with E-state index in [0.29, 0.717) is 12.5 Å². The van der Waals surface area contributed by atoms with Crippen LogP contribution in [0.5, 0.6) is 0 Å². The van der Waals surface area contributed by atoms with Crippen molar-refractivity contribution in [3.63, 3.8) is 0 Å². The number of nitrogens with one attached hydrogen (secondary N) is 1. The Morgan fingerprint density at radius 2 is 2.25 bits per heavy atom. The average Bonchev–Trinajstić information content (AvgIpc) is 2.56. The number of nitrogens with zero attached hydrogens (tertiary/aromatic N) is 2. The first kappa shape index (κ1) is 13.2. The molecule has 1 N–H and O–H groups in total. The Kier molecular flexibility index (Phi) is 5.49. The zero-order valence-corrected chi connectivity index (χ0v) is 10.8. The van der Waals surface area contributed by atoms with Crippen molar-refractivity contribution in [1.82, 2.24) is 15.1 Å². The summed E-state index contributed by atoms with van der Waals surface area (Å²) in [6.07, 6.45) is 2.10. The highest BCUT2D eigenvalue weighted by molar-refractivity contribution is 5.14. The summed E-state index contributed by atoms with van der Waals surface area (Å²) in [4.78, 5) is 0. The predicted octanol–water partition coefficient (Wildman–Crippen LogP) is 1.58. The van der Waals surface area contributed by atoms with Crippen LogP contribution in [-0.2, 0) is 17.8 Å². The zero-order chi connectivity index (χ0) is 12.0. The minimum Gasteiger partial charge on any atom is -0.383 e. The molecule has 0 aromatic carbocycles. The van der Waals surface area contributed by atoms with E-state index in [1.165, 1.54) is 5.56 Å². The second kappa shape index (κ2) is 6.66. The van der Waals surface area contributed by atoms with Gasteiger partial charge in [0.25, 0.3) is 0 Å². The van der Waals surface area contributed by atoms with Crippen LogP contribution in [-0.4, -0.2) is 30.0 Å². The molecular weight excluding hydrogens is 202 g/mol. The molecule has 0 fully saturated rings. The lowest BCUT2D eigenvalue weighted by atomic mass is 10.2. The van der Waals surface area contributed by atoms with Crippen LogP contribution >= 0.6 is 0 Å². The van der Waals surface area contributed by atoms with Crippen LogP contribution in [0.3, 0.4) is 0 Å². The number of methoxy groups -OCH3 is 1. The molecular formula is C12H23N3O. The minimum atomic E-state index is 0.684. The van der Waals surface area contributed by atoms with Crippen molar-refractivity contribution in [3.05, 3.63) is 17.5 Å². The third kappa shape index (κ3) is 4.33. The van der Waals surface area contributed by atoms with Gasteiger partial charge < -0.3 is 10.1 Å². The third-order valence-corrected chi connectivity index (χ3v) is 2.44. The maximum atomic E-state index is 5.03. The van der Waals surface area contributed by atoms with Gasteiger partial charge in [-0.15, -0.1) is 0 Å². The lowest BCUT2D eigenvalue weighted by molar-refractivity contribution is 0.183. The quantitative estimate of drug-likeness (QED) is 0.766. The molecule has 4 heteroatoms. The summed E-state index contributed by atoms with van der Waals surface area (Å²) in [6.45, 7) is 9.95. The molecule has 0 spiro atoms. The fourth-order valence-corrected chi connectivity index (χ4v) is 1.53. The van der Waals surface area contributed by atoms with Gasteiger partial charge in [0.1, 0.15) is 0 Å². The molecule has 1 aromatic heterocycles. The molecule has 0 saturated carbocycles. The topological polar surface area (TPSA) is 39.1 Å². The summed E-state index contributed by atoms with van der Waals surface area (Å²) in [5, 5.41) is 7.87. The molecule has 0 bridgehead atoms. The molecule has 1 rings (SSSR count). The fraction of sp³-hybridized carbons (Fsp3) is 0.750. The van der Waals surface area contributed by atoms with Crippen LogP contribution in [0.2, 0.25) is 0 Å². The molecule has 0 unspecified atom stereocenters. The highest BCUT2D eigenvalue weighted by Crippen LogP contribution is 2.05. The van der Waals surface area contributed by atoms with Crippen LogP contribution in [0.1, 0.15) is 25.1 Å². The van der Waals surface area contributed by atoms with E-state index in [1.807, 2.05) is 4.68 Å². The number of hydrogen-bond donors (Lipinski definition) is 1. The lowest BCUT2D eigenvalue weighted by Gasteiger charge is -2.05. The summed E-state index contributed by atoms with van der Waals surface area (Å²) in [5.41, 5.74) is 2.38. The van der Waals surface area contributed by atoms with Gasteiger partial charge in [-0.05, 0) is 19.4 Å². The van der Waals surface area contributed by atoms with Gasteiger partial charge in [-0.3, -0.25) is 4.68 Å². The molecule has 1 aromatic rings. The molecule has 1 heterocycles. The Balaban J connectivity index is 2.43. The number of ether oxygens (including phenoxy) is 1. The van der Waals surface area contributed by atoms with E-state index in [9.17, 15) is 0 Å². The van der Waals surface area contributed by atoms with E-state index in [2.05, 4.69) is 37.4 Å². The molecule has 4 nitrogen and oxygen atoms in total. The third-order valence-electron chi connectivity index (χ3n) is 2.44. The van der Waals surface area contributed by atoms with Gasteiger partial charge >= 0.3 is 0 Å². The minimum absolute atomic E-state index is 0.684. The van der Waals surface area contributed by atoms with E-state index < -0.39 is 0 Å². The van der Waals surface area contributed by atoms with E-state index in [-0.39, 0.29) is 0 Å². The first-order valence-corrected chi connectivity index (χ1v) is 5.86. The number of hydrogen-bond acceptors (Lipinski definition) is 3. The molecule has 0 saturated heterocycles. The summed E-state index contributed by atoms with van der Waals surface area (Å²) in [5.74, 6) is 0.684. The van der Waals surface area contributed by atoms with Crippen molar-refractivity contribution < 1.29 is 4.74 Å². The van der Waals surface area contributed by atoms with Crippen molar-refractivity contribution in [2.75, 3.05) is 20.3 Å². The van der Waals surface area contributed by atoms with E-state index >= 15 is 0 Å². The summed E-state index contributed by atoms with van der Waals surface area (Å²) in [6, 6.07) is 0. The van der Waals surface area contributed by atoms with Crippen molar-refractivity contribution in [2.45, 2.75) is 33.9 Å². The molecule has 92 valence electrons. The van der Waals surface area contributed by atoms with Gasteiger partial charge in [0.05, 0.1) is 18.8 Å². The summed E-state index contributed by atoms with van der Waals surface area (Å²) < 4.78 is 6.98. The van der Waals surface area contributed by atoms with Crippen molar-refractivity contribution in [2.24, 2.45) is 5.92 Å². The SMILES string of the molecule is COCCn1cc(CNCC(C)C)c(C)n1. The van der Waals surface area contributed by atoms with E-state index in [0.717, 1.165) is 25.3 Å². The molecule has 0 aliphatic heterocycles. The van der Waals surface area contributed by atoms with Gasteiger partial charge in [0, 0.05) is 25.4 Å². The fourth-order valence-electron chi connectivity index (χ4n) is 1.53. The van der Waals surface area contributed by atoms with Gasteiger partial charge in [-0.25, -0.2) is 0 Å². The van der Waals surface area contributed by atoms with Crippen LogP contribution in [0.4, 0.5) is 0 Å². The first-order chi connectivity index (χ1) is 7.63. The number of rotatable bonds is 7. The molecule has 0 atom stereocenters. The molecule has 0 radical (unpaired) electrons. The van der Waals surface area contributed by atoms with Gasteiger partial charge in [-0.2, -0.15) is 5.10 Å². The van der Waals surface area contributed by atoms with Gasteiger partial charge in [0.15, 0.2) is 0 Å². The van der Waals surface area contributed by atoms with Crippen molar-refractivity contribution in [3.8, 4) is 0 Å². The zero-order valence-electron chi connectivity index (χ0n) is 10.8. The van der Waals surface area contributed by atoms with Crippen LogP contribution in [0.25, 0.3) is 0 Å². The molecule has 0 amide bonds. The Hall–Kier alpha value is -0.870. The Morgan fingerprint density at radius 1 is 1.50 bits per heavy atom. The lowest BCUT2D eigenvalue weighted by Crippen LogP contribution is -2.19. The second-order valence-electron chi connectivity index (χ2n) is 4.52. The van der Waals surface area contributed by atoms with Crippen molar-refractivity contribution in [1.29, 1.82) is 0 Å². The summed E-state index contributed by atoms with van der Waals surface area (Å²) in [7, 11) is 1.71. The monoisotopic (exact) mass is 225 g/mol.